The average Bonchev–Trinajstić information content (AvgIpc) is 3.24. The maximum atomic E-state index is 13.1. The number of allylic oxidation sites excluding steroid dienone is 3. The molecule has 1 unspecified atom stereocenters. The number of carbonyl (C=O) groups is 1. The Morgan fingerprint density at radius 2 is 2.08 bits per heavy atom. The van der Waals surface area contributed by atoms with Crippen LogP contribution >= 0.6 is 0 Å². The van der Waals surface area contributed by atoms with Crippen molar-refractivity contribution in [2.75, 3.05) is 0 Å². The van der Waals surface area contributed by atoms with E-state index in [9.17, 15) is 23.1 Å². The van der Waals surface area contributed by atoms with E-state index in [1.807, 2.05) is 18.3 Å². The van der Waals surface area contributed by atoms with Gasteiger partial charge in [0, 0.05) is 17.8 Å². The second-order valence-electron chi connectivity index (χ2n) is 6.73. The third kappa shape index (κ3) is 4.50. The molecule has 0 bridgehead atoms. The van der Waals surface area contributed by atoms with Crippen LogP contribution in [-0.2, 0) is 4.79 Å². The summed E-state index contributed by atoms with van der Waals surface area (Å²) in [5.41, 5.74) is -0.861. The number of aliphatic imine (C=N–C) groups is 1. The van der Waals surface area contributed by atoms with Gasteiger partial charge in [-0.15, -0.1) is 0 Å². The van der Waals surface area contributed by atoms with Crippen molar-refractivity contribution in [2.24, 2.45) is 10.9 Å². The number of rotatable bonds is 5. The monoisotopic (exact) mass is 357 g/mol. The molecular weight excluding hydrogens is 335 g/mol. The molecule has 1 amide bonds. The minimum absolute atomic E-state index is 0.0384. The van der Waals surface area contributed by atoms with Gasteiger partial charge in [0.15, 0.2) is 6.04 Å². The van der Waals surface area contributed by atoms with Crippen molar-refractivity contribution in [3.8, 4) is 0 Å². The summed E-state index contributed by atoms with van der Waals surface area (Å²) in [5, 5.41) is 14.3. The summed E-state index contributed by atoms with van der Waals surface area (Å²) in [6.45, 7) is 7.54. The first-order valence-corrected chi connectivity index (χ1v) is 7.96. The lowest BCUT2D eigenvalue weighted by molar-refractivity contribution is -0.196. The highest BCUT2D eigenvalue weighted by Gasteiger charge is 2.49. The fourth-order valence-corrected chi connectivity index (χ4v) is 2.53. The lowest BCUT2D eigenvalue weighted by Gasteiger charge is -2.31. The zero-order chi connectivity index (χ0) is 19.0. The maximum absolute atomic E-state index is 13.1. The van der Waals surface area contributed by atoms with Crippen LogP contribution in [0.2, 0.25) is 0 Å². The lowest BCUT2D eigenvalue weighted by atomic mass is 9.97. The van der Waals surface area contributed by atoms with Gasteiger partial charge in [0.25, 0.3) is 5.91 Å². The first kappa shape index (κ1) is 19.2. The number of hydrogen-bond acceptors (Lipinski definition) is 4. The molecule has 1 aliphatic heterocycles. The number of halogens is 3. The summed E-state index contributed by atoms with van der Waals surface area (Å²) < 4.78 is 39.4. The standard InChI is InChI=1S/C17H22F3N3O2/c1-5-12(10-6-7-10)22-13-9(2)21-8-11(13)14(24)23-15(16(3,4)25)17(18,19)20/h5,8,10,15,21,25H,2,6-7H2,1,3-4H3,(H,23,24)/b12-5-,22-13+. The van der Waals surface area contributed by atoms with Gasteiger partial charge in [-0.05, 0) is 33.6 Å². The van der Waals surface area contributed by atoms with Crippen LogP contribution < -0.4 is 10.6 Å². The molecule has 3 N–H and O–H groups in total. The van der Waals surface area contributed by atoms with E-state index in [-0.39, 0.29) is 11.3 Å². The highest BCUT2D eigenvalue weighted by atomic mass is 19.4. The number of hydrogen-bond donors (Lipinski definition) is 3. The summed E-state index contributed by atoms with van der Waals surface area (Å²) in [7, 11) is 0. The van der Waals surface area contributed by atoms with E-state index in [1.54, 1.807) is 0 Å². The van der Waals surface area contributed by atoms with Crippen LogP contribution in [0.4, 0.5) is 13.2 Å². The van der Waals surface area contributed by atoms with Crippen molar-refractivity contribution in [3.05, 3.63) is 35.8 Å². The Balaban J connectivity index is 2.25. The van der Waals surface area contributed by atoms with Crippen LogP contribution in [0.15, 0.2) is 40.8 Å². The molecule has 1 aliphatic carbocycles. The first-order chi connectivity index (χ1) is 11.4. The average molecular weight is 357 g/mol. The number of alkyl halides is 3. The fraction of sp³-hybridized carbons (Fsp3) is 0.529. The molecule has 138 valence electrons. The molecule has 2 rings (SSSR count). The molecular formula is C17H22F3N3O2. The van der Waals surface area contributed by atoms with Crippen molar-refractivity contribution in [1.29, 1.82) is 0 Å². The molecule has 8 heteroatoms. The largest absolute Gasteiger partial charge is 0.411 e. The summed E-state index contributed by atoms with van der Waals surface area (Å²) in [6, 6.07) is -2.41. The third-order valence-electron chi connectivity index (χ3n) is 4.02. The molecule has 1 fully saturated rings. The number of nitrogens with zero attached hydrogens (tertiary/aromatic N) is 1. The minimum atomic E-state index is -4.79. The molecule has 5 nitrogen and oxygen atoms in total. The molecule has 1 heterocycles. The summed E-state index contributed by atoms with van der Waals surface area (Å²) >= 11 is 0. The number of carbonyl (C=O) groups excluding carboxylic acids is 1. The van der Waals surface area contributed by atoms with E-state index in [4.69, 9.17) is 0 Å². The van der Waals surface area contributed by atoms with Crippen LogP contribution in [-0.4, -0.2) is 34.5 Å². The highest BCUT2D eigenvalue weighted by Crippen LogP contribution is 2.37. The maximum Gasteiger partial charge on any atom is 0.411 e. The molecule has 0 spiro atoms. The molecule has 0 radical (unpaired) electrons. The highest BCUT2D eigenvalue weighted by molar-refractivity contribution is 6.29. The Kier molecular flexibility index (Phi) is 5.13. The predicted molar refractivity (Wildman–Crippen MR) is 88.6 cm³/mol. The van der Waals surface area contributed by atoms with Crippen LogP contribution in [0.5, 0.6) is 0 Å². The Hall–Kier alpha value is -2.09. The zero-order valence-corrected chi connectivity index (χ0v) is 14.4. The van der Waals surface area contributed by atoms with E-state index in [0.717, 1.165) is 32.4 Å². The van der Waals surface area contributed by atoms with Crippen LogP contribution in [0, 0.1) is 5.92 Å². The second kappa shape index (κ2) is 6.67. The molecule has 0 aromatic heterocycles. The van der Waals surface area contributed by atoms with Gasteiger partial charge in [-0.1, -0.05) is 12.7 Å². The molecule has 1 atom stereocenters. The van der Waals surface area contributed by atoms with Gasteiger partial charge in [0.1, 0.15) is 5.71 Å². The summed E-state index contributed by atoms with van der Waals surface area (Å²) in [5.74, 6) is -0.657. The molecule has 0 aromatic carbocycles. The van der Waals surface area contributed by atoms with Gasteiger partial charge in [-0.2, -0.15) is 13.2 Å². The molecule has 0 saturated heterocycles. The van der Waals surface area contributed by atoms with Crippen LogP contribution in [0.25, 0.3) is 0 Å². The fourth-order valence-electron chi connectivity index (χ4n) is 2.53. The molecule has 25 heavy (non-hydrogen) atoms. The Labute approximate surface area is 144 Å². The van der Waals surface area contributed by atoms with E-state index in [1.165, 1.54) is 6.20 Å². The van der Waals surface area contributed by atoms with Gasteiger partial charge in [0.2, 0.25) is 0 Å². The SMILES string of the molecule is C=C1NC=C(C(=O)NC(C(C)(C)O)C(F)(F)F)/C1=N/C(=C\C)C1CC1. The van der Waals surface area contributed by atoms with E-state index < -0.39 is 23.7 Å². The molecule has 0 aromatic rings. The van der Waals surface area contributed by atoms with Gasteiger partial charge in [-0.3, -0.25) is 9.79 Å². The van der Waals surface area contributed by atoms with E-state index in [0.29, 0.717) is 11.6 Å². The van der Waals surface area contributed by atoms with Crippen molar-refractivity contribution < 1.29 is 23.1 Å². The van der Waals surface area contributed by atoms with Crippen LogP contribution in [0.1, 0.15) is 33.6 Å². The first-order valence-electron chi connectivity index (χ1n) is 7.96. The smallest absolute Gasteiger partial charge is 0.388 e. The van der Waals surface area contributed by atoms with E-state index in [2.05, 4.69) is 16.9 Å². The van der Waals surface area contributed by atoms with Crippen LogP contribution in [0.3, 0.4) is 0 Å². The number of nitrogens with one attached hydrogen (secondary N) is 2. The summed E-state index contributed by atoms with van der Waals surface area (Å²) in [6.07, 6.45) is 0.292. The van der Waals surface area contributed by atoms with Crippen molar-refractivity contribution in [1.82, 2.24) is 10.6 Å². The lowest BCUT2D eigenvalue weighted by Crippen LogP contribution is -2.58. The third-order valence-corrected chi connectivity index (χ3v) is 4.02. The Bertz CT molecular complexity index is 652. The van der Waals surface area contributed by atoms with Gasteiger partial charge in [0.05, 0.1) is 16.9 Å². The quantitative estimate of drug-likeness (QED) is 0.708. The second-order valence-corrected chi connectivity index (χ2v) is 6.73. The molecule has 1 saturated carbocycles. The van der Waals surface area contributed by atoms with Crippen molar-refractivity contribution >= 4 is 11.6 Å². The van der Waals surface area contributed by atoms with Crippen molar-refractivity contribution in [2.45, 2.75) is 51.4 Å². The van der Waals surface area contributed by atoms with Gasteiger partial charge < -0.3 is 15.7 Å². The van der Waals surface area contributed by atoms with Crippen molar-refractivity contribution in [3.63, 3.8) is 0 Å². The van der Waals surface area contributed by atoms with Gasteiger partial charge >= 0.3 is 6.18 Å². The minimum Gasteiger partial charge on any atom is -0.388 e. The predicted octanol–water partition coefficient (Wildman–Crippen LogP) is 2.56. The normalized spacial score (nSPS) is 21.9. The summed E-state index contributed by atoms with van der Waals surface area (Å²) in [4.78, 5) is 16.8. The topological polar surface area (TPSA) is 73.7 Å². The Morgan fingerprint density at radius 3 is 2.52 bits per heavy atom. The number of amides is 1. The Morgan fingerprint density at radius 1 is 1.48 bits per heavy atom. The zero-order valence-electron chi connectivity index (χ0n) is 14.4. The van der Waals surface area contributed by atoms with E-state index >= 15 is 0 Å². The van der Waals surface area contributed by atoms with Gasteiger partial charge in [-0.25, -0.2) is 0 Å². The number of aliphatic hydroxyl groups is 1. The molecule has 2 aliphatic rings.